The van der Waals surface area contributed by atoms with Crippen molar-refractivity contribution in [2.24, 2.45) is 5.92 Å². The Bertz CT molecular complexity index is 415. The molecule has 0 aromatic heterocycles. The maximum Gasteiger partial charge on any atom is 0.119 e. The lowest BCUT2D eigenvalue weighted by molar-refractivity contribution is -0.320. The Morgan fingerprint density at radius 3 is 2.33 bits per heavy atom. The average Bonchev–Trinajstić information content (AvgIpc) is 2.34. The van der Waals surface area contributed by atoms with Gasteiger partial charge in [-0.1, -0.05) is 0 Å². The number of ether oxygens (including phenoxy) is 1. The predicted octanol–water partition coefficient (Wildman–Crippen LogP) is -1.39. The summed E-state index contributed by atoms with van der Waals surface area (Å²) in [6.45, 7) is -0.0390. The molecule has 1 unspecified atom stereocenters. The number of carboxylic acids is 2. The highest BCUT2D eigenvalue weighted by molar-refractivity contribution is 5.76. The molecule has 1 atom stereocenters. The molecule has 6 heteroatoms. The van der Waals surface area contributed by atoms with Gasteiger partial charge in [-0.25, -0.2) is 0 Å². The highest BCUT2D eigenvalue weighted by Gasteiger charge is 2.10. The Morgan fingerprint density at radius 1 is 1.28 bits per heavy atom. The quantitative estimate of drug-likeness (QED) is 0.640. The number of carboxylic acid groups (broad SMARTS) is 2. The monoisotopic (exact) mass is 251 g/mol. The van der Waals surface area contributed by atoms with Crippen LogP contribution in [0.1, 0.15) is 6.42 Å². The average molecular weight is 251 g/mol. The minimum Gasteiger partial charge on any atom is -0.550 e. The van der Waals surface area contributed by atoms with Gasteiger partial charge in [0.1, 0.15) is 5.75 Å². The standard InChI is InChI=1S/C12H15NO5/c1-18-10-4-2-9(3-5-10)13-7-8(12(16)17)6-11(14)15/h2-5,8,13H,6-7H2,1H3,(H,14,15)(H,16,17)/p-2. The fourth-order valence-electron chi connectivity index (χ4n) is 1.39. The molecule has 98 valence electrons. The molecule has 0 radical (unpaired) electrons. The van der Waals surface area contributed by atoms with Crippen molar-refractivity contribution in [1.29, 1.82) is 0 Å². The zero-order chi connectivity index (χ0) is 13.5. The Balaban J connectivity index is 2.55. The third-order valence-electron chi connectivity index (χ3n) is 2.39. The lowest BCUT2D eigenvalue weighted by atomic mass is 10.1. The van der Waals surface area contributed by atoms with Crippen LogP contribution in [0.5, 0.6) is 5.75 Å². The highest BCUT2D eigenvalue weighted by atomic mass is 16.5. The number of hydrogen-bond donors (Lipinski definition) is 1. The van der Waals surface area contributed by atoms with Crippen LogP contribution in [0.3, 0.4) is 0 Å². The first-order valence-corrected chi connectivity index (χ1v) is 5.31. The molecule has 0 bridgehead atoms. The van der Waals surface area contributed by atoms with Crippen molar-refractivity contribution >= 4 is 17.6 Å². The summed E-state index contributed by atoms with van der Waals surface area (Å²) in [6, 6.07) is 6.80. The summed E-state index contributed by atoms with van der Waals surface area (Å²) in [5.74, 6) is -3.29. The predicted molar refractivity (Wildman–Crippen MR) is 59.6 cm³/mol. The van der Waals surface area contributed by atoms with Crippen molar-refractivity contribution < 1.29 is 24.5 Å². The summed E-state index contributed by atoms with van der Waals surface area (Å²) in [5.41, 5.74) is 0.667. The number of carbonyl (C=O) groups is 2. The normalized spacial score (nSPS) is 11.6. The van der Waals surface area contributed by atoms with Crippen LogP contribution in [0.2, 0.25) is 0 Å². The minimum absolute atomic E-state index is 0.0390. The van der Waals surface area contributed by atoms with Crippen LogP contribution in [-0.4, -0.2) is 25.6 Å². The fraction of sp³-hybridized carbons (Fsp3) is 0.333. The van der Waals surface area contributed by atoms with E-state index in [9.17, 15) is 19.8 Å². The van der Waals surface area contributed by atoms with Crippen LogP contribution in [0.4, 0.5) is 5.69 Å². The molecule has 0 amide bonds. The van der Waals surface area contributed by atoms with Crippen molar-refractivity contribution in [1.82, 2.24) is 0 Å². The molecule has 0 fully saturated rings. The molecular formula is C12H13NO5-2. The Kier molecular flexibility index (Phi) is 4.98. The van der Waals surface area contributed by atoms with E-state index in [2.05, 4.69) is 5.32 Å². The lowest BCUT2D eigenvalue weighted by Gasteiger charge is -2.19. The van der Waals surface area contributed by atoms with Gasteiger partial charge in [0.25, 0.3) is 0 Å². The molecule has 1 aromatic carbocycles. The second-order valence-corrected chi connectivity index (χ2v) is 3.70. The summed E-state index contributed by atoms with van der Waals surface area (Å²) in [4.78, 5) is 21.1. The third kappa shape index (κ3) is 4.32. The van der Waals surface area contributed by atoms with E-state index in [1.54, 1.807) is 24.3 Å². The SMILES string of the molecule is COc1ccc(NCC(CC(=O)[O-])C(=O)[O-])cc1. The summed E-state index contributed by atoms with van der Waals surface area (Å²) in [7, 11) is 1.54. The second-order valence-electron chi connectivity index (χ2n) is 3.70. The first-order chi connectivity index (χ1) is 8.52. The largest absolute Gasteiger partial charge is 0.550 e. The zero-order valence-corrected chi connectivity index (χ0v) is 9.84. The molecular weight excluding hydrogens is 238 g/mol. The van der Waals surface area contributed by atoms with Gasteiger partial charge >= 0.3 is 0 Å². The van der Waals surface area contributed by atoms with Gasteiger partial charge in [0.05, 0.1) is 7.11 Å². The van der Waals surface area contributed by atoms with Crippen molar-refractivity contribution in [3.05, 3.63) is 24.3 Å². The summed E-state index contributed by atoms with van der Waals surface area (Å²) >= 11 is 0. The van der Waals surface area contributed by atoms with Crippen LogP contribution >= 0.6 is 0 Å². The van der Waals surface area contributed by atoms with Gasteiger partial charge in [-0.2, -0.15) is 0 Å². The van der Waals surface area contributed by atoms with E-state index in [0.717, 1.165) is 0 Å². The molecule has 0 aliphatic carbocycles. The molecule has 0 aliphatic rings. The number of hydrogen-bond acceptors (Lipinski definition) is 6. The van der Waals surface area contributed by atoms with E-state index >= 15 is 0 Å². The molecule has 18 heavy (non-hydrogen) atoms. The zero-order valence-electron chi connectivity index (χ0n) is 9.84. The Labute approximate surface area is 104 Å². The first kappa shape index (κ1) is 13.8. The number of aliphatic carboxylic acids is 2. The Morgan fingerprint density at radius 2 is 1.89 bits per heavy atom. The van der Waals surface area contributed by atoms with Crippen LogP contribution < -0.4 is 20.3 Å². The van der Waals surface area contributed by atoms with Crippen molar-refractivity contribution in [3.63, 3.8) is 0 Å². The van der Waals surface area contributed by atoms with E-state index in [4.69, 9.17) is 4.74 Å². The van der Waals surface area contributed by atoms with Gasteiger partial charge in [-0.3, -0.25) is 0 Å². The maximum atomic E-state index is 10.7. The number of benzene rings is 1. The number of methoxy groups -OCH3 is 1. The van der Waals surface area contributed by atoms with Crippen molar-refractivity contribution in [2.75, 3.05) is 19.0 Å². The highest BCUT2D eigenvalue weighted by Crippen LogP contribution is 2.15. The first-order valence-electron chi connectivity index (χ1n) is 5.31. The van der Waals surface area contributed by atoms with Gasteiger partial charge in [-0.05, 0) is 30.7 Å². The van der Waals surface area contributed by atoms with E-state index in [1.165, 1.54) is 7.11 Å². The van der Waals surface area contributed by atoms with E-state index in [1.807, 2.05) is 0 Å². The number of rotatable bonds is 7. The van der Waals surface area contributed by atoms with Gasteiger partial charge in [0, 0.05) is 30.1 Å². The van der Waals surface area contributed by atoms with Crippen LogP contribution in [0.15, 0.2) is 24.3 Å². The van der Waals surface area contributed by atoms with E-state index in [-0.39, 0.29) is 6.54 Å². The minimum atomic E-state index is -1.42. The lowest BCUT2D eigenvalue weighted by Crippen LogP contribution is -2.39. The number of nitrogens with one attached hydrogen (secondary N) is 1. The third-order valence-corrected chi connectivity index (χ3v) is 2.39. The molecule has 1 N–H and O–H groups in total. The van der Waals surface area contributed by atoms with Crippen LogP contribution in [0.25, 0.3) is 0 Å². The molecule has 1 aromatic rings. The van der Waals surface area contributed by atoms with Crippen molar-refractivity contribution in [3.8, 4) is 5.75 Å². The summed E-state index contributed by atoms with van der Waals surface area (Å²) in [5, 5.41) is 23.9. The number of anilines is 1. The summed E-state index contributed by atoms with van der Waals surface area (Å²) in [6.07, 6.45) is -0.578. The van der Waals surface area contributed by atoms with Gasteiger partial charge < -0.3 is 29.9 Å². The van der Waals surface area contributed by atoms with Crippen molar-refractivity contribution in [2.45, 2.75) is 6.42 Å². The maximum absolute atomic E-state index is 10.7. The fourth-order valence-corrected chi connectivity index (χ4v) is 1.39. The van der Waals surface area contributed by atoms with Gasteiger partial charge in [-0.15, -0.1) is 0 Å². The topological polar surface area (TPSA) is 102 Å². The Hall–Kier alpha value is -2.24. The smallest absolute Gasteiger partial charge is 0.119 e. The van der Waals surface area contributed by atoms with E-state index < -0.39 is 24.3 Å². The molecule has 6 nitrogen and oxygen atoms in total. The number of carbonyl (C=O) groups excluding carboxylic acids is 2. The second kappa shape index (κ2) is 6.48. The molecule has 1 rings (SSSR count). The molecule has 0 saturated carbocycles. The molecule has 0 aliphatic heterocycles. The molecule has 0 heterocycles. The van der Waals surface area contributed by atoms with Gasteiger partial charge in [0.2, 0.25) is 0 Å². The molecule has 0 spiro atoms. The van der Waals surface area contributed by atoms with E-state index in [0.29, 0.717) is 11.4 Å². The van der Waals surface area contributed by atoms with Crippen LogP contribution in [0, 0.1) is 5.92 Å². The molecule has 0 saturated heterocycles. The van der Waals surface area contributed by atoms with Crippen LogP contribution in [-0.2, 0) is 9.59 Å². The van der Waals surface area contributed by atoms with Gasteiger partial charge in [0.15, 0.2) is 0 Å². The summed E-state index contributed by atoms with van der Waals surface area (Å²) < 4.78 is 4.97.